The number of aliphatic carboxylic acids is 1. The van der Waals surface area contributed by atoms with Crippen molar-refractivity contribution in [1.29, 1.82) is 0 Å². The van der Waals surface area contributed by atoms with E-state index in [-0.39, 0.29) is 11.9 Å². The van der Waals surface area contributed by atoms with Crippen LogP contribution in [0.3, 0.4) is 0 Å². The van der Waals surface area contributed by atoms with Gasteiger partial charge in [0, 0.05) is 13.1 Å². The molecule has 0 amide bonds. The summed E-state index contributed by atoms with van der Waals surface area (Å²) >= 11 is 0. The van der Waals surface area contributed by atoms with E-state index < -0.39 is 17.7 Å². The Labute approximate surface area is 96.1 Å². The van der Waals surface area contributed by atoms with Crippen LogP contribution in [0.25, 0.3) is 0 Å². The first-order valence-electron chi connectivity index (χ1n) is 5.23. The summed E-state index contributed by atoms with van der Waals surface area (Å²) in [5, 5.41) is 8.82. The average Bonchev–Trinajstić information content (AvgIpc) is 2.33. The number of carboxylic acids is 1. The maximum atomic E-state index is 12.9. The van der Waals surface area contributed by atoms with Crippen molar-refractivity contribution < 1.29 is 18.7 Å². The third-order valence-electron chi connectivity index (χ3n) is 2.82. The van der Waals surface area contributed by atoms with Gasteiger partial charge in [-0.3, -0.25) is 4.79 Å². The number of anilines is 1. The summed E-state index contributed by atoms with van der Waals surface area (Å²) in [7, 11) is 0. The van der Waals surface area contributed by atoms with Gasteiger partial charge in [-0.25, -0.2) is 9.37 Å². The normalized spacial score (nSPS) is 17.2. The minimum Gasteiger partial charge on any atom is -0.481 e. The molecule has 1 saturated heterocycles. The van der Waals surface area contributed by atoms with Gasteiger partial charge in [-0.2, -0.15) is 9.37 Å². The molecule has 2 rings (SSSR count). The topological polar surface area (TPSA) is 66.3 Å². The molecular formula is C10H11F2N3O2. The van der Waals surface area contributed by atoms with Gasteiger partial charge in [0.1, 0.15) is 0 Å². The average molecular weight is 243 g/mol. The van der Waals surface area contributed by atoms with Gasteiger partial charge in [-0.05, 0) is 12.8 Å². The van der Waals surface area contributed by atoms with Crippen LogP contribution in [0.2, 0.25) is 0 Å². The van der Waals surface area contributed by atoms with Crippen molar-refractivity contribution in [3.05, 3.63) is 18.0 Å². The van der Waals surface area contributed by atoms with Crippen LogP contribution in [0.4, 0.5) is 14.7 Å². The Morgan fingerprint density at radius 3 is 2.59 bits per heavy atom. The van der Waals surface area contributed by atoms with Gasteiger partial charge in [0.15, 0.2) is 5.82 Å². The van der Waals surface area contributed by atoms with E-state index in [2.05, 4.69) is 9.97 Å². The molecule has 0 atom stereocenters. The zero-order valence-corrected chi connectivity index (χ0v) is 8.94. The fourth-order valence-electron chi connectivity index (χ4n) is 1.82. The van der Waals surface area contributed by atoms with Crippen LogP contribution in [0.15, 0.2) is 6.20 Å². The molecule has 17 heavy (non-hydrogen) atoms. The van der Waals surface area contributed by atoms with E-state index in [0.717, 1.165) is 6.20 Å². The molecule has 0 radical (unpaired) electrons. The molecule has 2 heterocycles. The molecule has 92 valence electrons. The number of rotatable bonds is 2. The summed E-state index contributed by atoms with van der Waals surface area (Å²) in [6.07, 6.45) is 1.69. The third-order valence-corrected chi connectivity index (χ3v) is 2.82. The van der Waals surface area contributed by atoms with Crippen LogP contribution in [0.5, 0.6) is 0 Å². The van der Waals surface area contributed by atoms with Crippen LogP contribution in [0.1, 0.15) is 12.8 Å². The van der Waals surface area contributed by atoms with Gasteiger partial charge in [0.05, 0.1) is 12.1 Å². The highest BCUT2D eigenvalue weighted by Crippen LogP contribution is 2.20. The number of halogens is 2. The Morgan fingerprint density at radius 2 is 2.06 bits per heavy atom. The second-order valence-electron chi connectivity index (χ2n) is 3.91. The van der Waals surface area contributed by atoms with Crippen LogP contribution in [-0.4, -0.2) is 34.1 Å². The van der Waals surface area contributed by atoms with Gasteiger partial charge < -0.3 is 10.0 Å². The lowest BCUT2D eigenvalue weighted by Gasteiger charge is -2.29. The number of nitrogens with zero attached hydrogens (tertiary/aromatic N) is 3. The lowest BCUT2D eigenvalue weighted by Crippen LogP contribution is -2.37. The maximum Gasteiger partial charge on any atom is 0.306 e. The standard InChI is InChI=1S/C10H11F2N3O2/c11-7-5-13-10(14-8(7)12)15-3-1-6(2-4-15)9(16)17/h5-6H,1-4H2,(H,16,17). The van der Waals surface area contributed by atoms with Crippen molar-refractivity contribution in [3.8, 4) is 0 Å². The Hall–Kier alpha value is -1.79. The number of hydrogen-bond donors (Lipinski definition) is 1. The number of hydrogen-bond acceptors (Lipinski definition) is 4. The van der Waals surface area contributed by atoms with E-state index in [4.69, 9.17) is 5.11 Å². The lowest BCUT2D eigenvalue weighted by atomic mass is 9.97. The van der Waals surface area contributed by atoms with Crippen LogP contribution >= 0.6 is 0 Å². The van der Waals surface area contributed by atoms with Crippen molar-refractivity contribution in [3.63, 3.8) is 0 Å². The van der Waals surface area contributed by atoms with E-state index >= 15 is 0 Å². The van der Waals surface area contributed by atoms with E-state index in [1.807, 2.05) is 0 Å². The van der Waals surface area contributed by atoms with Gasteiger partial charge in [-0.1, -0.05) is 0 Å². The smallest absolute Gasteiger partial charge is 0.306 e. The zero-order chi connectivity index (χ0) is 12.4. The van der Waals surface area contributed by atoms with Gasteiger partial charge in [0.25, 0.3) is 5.95 Å². The molecule has 0 saturated carbocycles. The summed E-state index contributed by atoms with van der Waals surface area (Å²) < 4.78 is 25.5. The Kier molecular flexibility index (Phi) is 3.16. The highest BCUT2D eigenvalue weighted by atomic mass is 19.2. The summed E-state index contributed by atoms with van der Waals surface area (Å²) in [6, 6.07) is 0. The summed E-state index contributed by atoms with van der Waals surface area (Å²) in [5.41, 5.74) is 0. The SMILES string of the molecule is O=C(O)C1CCN(c2ncc(F)c(F)n2)CC1. The van der Waals surface area contributed by atoms with Gasteiger partial charge in [0.2, 0.25) is 5.95 Å². The predicted molar refractivity (Wildman–Crippen MR) is 54.5 cm³/mol. The van der Waals surface area contributed by atoms with Crippen molar-refractivity contribution in [2.24, 2.45) is 5.92 Å². The molecule has 1 fully saturated rings. The van der Waals surface area contributed by atoms with Crippen LogP contribution in [-0.2, 0) is 4.79 Å². The summed E-state index contributed by atoms with van der Waals surface area (Å²) in [5.74, 6) is -3.37. The highest BCUT2D eigenvalue weighted by molar-refractivity contribution is 5.70. The monoisotopic (exact) mass is 243 g/mol. The Morgan fingerprint density at radius 1 is 1.41 bits per heavy atom. The van der Waals surface area contributed by atoms with Gasteiger partial charge >= 0.3 is 5.97 Å². The van der Waals surface area contributed by atoms with Crippen molar-refractivity contribution in [1.82, 2.24) is 9.97 Å². The van der Waals surface area contributed by atoms with Gasteiger partial charge in [-0.15, -0.1) is 0 Å². The first-order chi connectivity index (χ1) is 8.08. The molecule has 1 aliphatic heterocycles. The second kappa shape index (κ2) is 4.60. The summed E-state index contributed by atoms with van der Waals surface area (Å²) in [4.78, 5) is 19.5. The van der Waals surface area contributed by atoms with Crippen LogP contribution in [0, 0.1) is 17.7 Å². The van der Waals surface area contributed by atoms with Crippen molar-refractivity contribution >= 4 is 11.9 Å². The molecule has 1 aromatic rings. The summed E-state index contributed by atoms with van der Waals surface area (Å²) in [6.45, 7) is 0.865. The number of carboxylic acid groups (broad SMARTS) is 1. The first-order valence-corrected chi connectivity index (χ1v) is 5.23. The quantitative estimate of drug-likeness (QED) is 0.786. The third kappa shape index (κ3) is 2.48. The molecule has 0 aliphatic carbocycles. The largest absolute Gasteiger partial charge is 0.481 e. The molecule has 0 spiro atoms. The van der Waals surface area contributed by atoms with Crippen molar-refractivity contribution in [2.75, 3.05) is 18.0 Å². The molecule has 7 heteroatoms. The number of carbonyl (C=O) groups is 1. The number of aromatic nitrogens is 2. The van der Waals surface area contributed by atoms with Crippen molar-refractivity contribution in [2.45, 2.75) is 12.8 Å². The first kappa shape index (κ1) is 11.7. The second-order valence-corrected chi connectivity index (χ2v) is 3.91. The van der Waals surface area contributed by atoms with E-state index in [1.54, 1.807) is 4.90 Å². The lowest BCUT2D eigenvalue weighted by molar-refractivity contribution is -0.142. The predicted octanol–water partition coefficient (Wildman–Crippen LogP) is 1.06. The van der Waals surface area contributed by atoms with E-state index in [9.17, 15) is 13.6 Å². The molecule has 0 unspecified atom stereocenters. The Balaban J connectivity index is 2.05. The molecule has 1 aliphatic rings. The molecule has 0 bridgehead atoms. The van der Waals surface area contributed by atoms with Crippen LogP contribution < -0.4 is 4.90 Å². The van der Waals surface area contributed by atoms with E-state index in [1.165, 1.54) is 0 Å². The maximum absolute atomic E-state index is 12.9. The fraction of sp³-hybridized carbons (Fsp3) is 0.500. The Bertz CT molecular complexity index is 434. The molecule has 5 nitrogen and oxygen atoms in total. The van der Waals surface area contributed by atoms with E-state index in [0.29, 0.717) is 25.9 Å². The minimum atomic E-state index is -1.18. The molecule has 1 aromatic heterocycles. The molecular weight excluding hydrogens is 232 g/mol. The fourth-order valence-corrected chi connectivity index (χ4v) is 1.82. The zero-order valence-electron chi connectivity index (χ0n) is 8.94. The molecule has 0 aromatic carbocycles. The molecule has 1 N–H and O–H groups in total. The number of piperidine rings is 1. The minimum absolute atomic E-state index is 0.104. The highest BCUT2D eigenvalue weighted by Gasteiger charge is 2.26.